The molecule has 3 aromatic rings. The summed E-state index contributed by atoms with van der Waals surface area (Å²) in [5.41, 5.74) is 0.841. The number of thiophene rings is 1. The Morgan fingerprint density at radius 3 is 2.93 bits per heavy atom. The van der Waals surface area contributed by atoms with Crippen molar-refractivity contribution in [3.63, 3.8) is 0 Å². The number of hydrogen-bond acceptors (Lipinski definition) is 8. The number of likely N-dealkylation sites (tertiary alicyclic amines) is 1. The summed E-state index contributed by atoms with van der Waals surface area (Å²) in [5, 5.41) is 12.1. The van der Waals surface area contributed by atoms with Crippen molar-refractivity contribution in [2.24, 2.45) is 0 Å². The maximum atomic E-state index is 12.8. The fourth-order valence-corrected chi connectivity index (χ4v) is 5.92. The molecule has 0 spiro atoms. The molecule has 1 saturated heterocycles. The molecule has 2 atom stereocenters. The lowest BCUT2D eigenvalue weighted by Crippen LogP contribution is -2.40. The van der Waals surface area contributed by atoms with Gasteiger partial charge in [0.2, 0.25) is 0 Å². The highest BCUT2D eigenvalue weighted by molar-refractivity contribution is 8.00. The van der Waals surface area contributed by atoms with E-state index in [2.05, 4.69) is 14.9 Å². The van der Waals surface area contributed by atoms with Crippen molar-refractivity contribution >= 4 is 39.8 Å². The summed E-state index contributed by atoms with van der Waals surface area (Å²) in [4.78, 5) is 25.8. The Bertz CT molecular complexity index is 1070. The molecule has 1 aromatic carbocycles. The number of carbonyl (C=O) groups excluding carboxylic acids is 1. The molecule has 8 heteroatoms. The van der Waals surface area contributed by atoms with Gasteiger partial charge in [-0.1, -0.05) is 11.8 Å². The van der Waals surface area contributed by atoms with Crippen LogP contribution in [-0.4, -0.2) is 64.9 Å². The minimum Gasteiger partial charge on any atom is -0.497 e. The smallest absolute Gasteiger partial charge is 0.183 e. The van der Waals surface area contributed by atoms with Crippen LogP contribution in [0.3, 0.4) is 0 Å². The van der Waals surface area contributed by atoms with Gasteiger partial charge in [0.15, 0.2) is 5.78 Å². The first-order chi connectivity index (χ1) is 14.4. The van der Waals surface area contributed by atoms with E-state index in [0.29, 0.717) is 18.1 Å². The van der Waals surface area contributed by atoms with Gasteiger partial charge in [-0.15, -0.1) is 11.3 Å². The third-order valence-corrected chi connectivity index (χ3v) is 7.62. The van der Waals surface area contributed by atoms with E-state index in [-0.39, 0.29) is 17.8 Å². The SMILES string of the molecule is COc1ccc2nc(C)nc(SCC(=O)c3ccc([C@H]4CCN(C)C[C@@H]4O)s3)c2c1. The zero-order valence-electron chi connectivity index (χ0n) is 17.3. The van der Waals surface area contributed by atoms with Crippen LogP contribution in [0.4, 0.5) is 0 Å². The van der Waals surface area contributed by atoms with Gasteiger partial charge in [0.05, 0.1) is 29.4 Å². The van der Waals surface area contributed by atoms with Gasteiger partial charge in [-0.05, 0) is 57.3 Å². The summed E-state index contributed by atoms with van der Waals surface area (Å²) in [6.45, 7) is 3.49. The van der Waals surface area contributed by atoms with Crippen molar-refractivity contribution in [2.45, 2.75) is 30.4 Å². The number of fused-ring (bicyclic) bond motifs is 1. The first-order valence-corrected chi connectivity index (χ1v) is 11.7. The molecule has 0 bridgehead atoms. The number of rotatable bonds is 6. The van der Waals surface area contributed by atoms with Crippen LogP contribution in [0, 0.1) is 6.92 Å². The number of ketones is 1. The van der Waals surface area contributed by atoms with Gasteiger partial charge in [-0.2, -0.15) is 0 Å². The molecule has 0 amide bonds. The van der Waals surface area contributed by atoms with E-state index in [9.17, 15) is 9.90 Å². The Morgan fingerprint density at radius 1 is 1.33 bits per heavy atom. The maximum absolute atomic E-state index is 12.8. The first kappa shape index (κ1) is 21.2. The fourth-order valence-electron chi connectivity index (χ4n) is 3.76. The van der Waals surface area contributed by atoms with Crippen molar-refractivity contribution in [2.75, 3.05) is 33.0 Å². The number of aryl methyl sites for hydroxylation is 1. The number of β-amino-alcohol motifs (C(OH)–C–C–N with tert-alkyl or cyclic N) is 1. The Balaban J connectivity index is 1.48. The lowest BCUT2D eigenvalue weighted by molar-refractivity contribution is 0.0649. The number of piperidine rings is 1. The molecule has 1 fully saturated rings. The molecule has 0 saturated carbocycles. The Kier molecular flexibility index (Phi) is 6.38. The van der Waals surface area contributed by atoms with Crippen LogP contribution in [0.2, 0.25) is 0 Å². The number of likely N-dealkylation sites (N-methyl/N-ethyl adjacent to an activating group) is 1. The number of aliphatic hydroxyl groups excluding tert-OH is 1. The molecular weight excluding hydrogens is 418 g/mol. The van der Waals surface area contributed by atoms with Crippen molar-refractivity contribution < 1.29 is 14.6 Å². The van der Waals surface area contributed by atoms with Crippen molar-refractivity contribution in [1.29, 1.82) is 0 Å². The van der Waals surface area contributed by atoms with Crippen LogP contribution < -0.4 is 4.74 Å². The van der Waals surface area contributed by atoms with Gasteiger partial charge in [0.1, 0.15) is 16.6 Å². The van der Waals surface area contributed by atoms with Crippen LogP contribution in [0.25, 0.3) is 10.9 Å². The van der Waals surface area contributed by atoms with Crippen molar-refractivity contribution in [3.8, 4) is 5.75 Å². The lowest BCUT2D eigenvalue weighted by atomic mass is 9.93. The van der Waals surface area contributed by atoms with Crippen LogP contribution in [-0.2, 0) is 0 Å². The van der Waals surface area contributed by atoms with Gasteiger partial charge in [-0.25, -0.2) is 9.97 Å². The van der Waals surface area contributed by atoms with Crippen LogP contribution in [0.1, 0.15) is 32.7 Å². The highest BCUT2D eigenvalue weighted by Crippen LogP contribution is 2.34. The van der Waals surface area contributed by atoms with Gasteiger partial charge < -0.3 is 14.7 Å². The van der Waals surface area contributed by atoms with E-state index in [1.165, 1.54) is 23.1 Å². The van der Waals surface area contributed by atoms with Crippen molar-refractivity contribution in [1.82, 2.24) is 14.9 Å². The summed E-state index contributed by atoms with van der Waals surface area (Å²) >= 11 is 2.93. The first-order valence-electron chi connectivity index (χ1n) is 9.89. The molecule has 1 aliphatic rings. The molecule has 6 nitrogen and oxygen atoms in total. The Hall–Kier alpha value is -2.00. The minimum absolute atomic E-state index is 0.0750. The highest BCUT2D eigenvalue weighted by Gasteiger charge is 2.28. The predicted molar refractivity (Wildman–Crippen MR) is 121 cm³/mol. The number of hydrogen-bond donors (Lipinski definition) is 1. The summed E-state index contributed by atoms with van der Waals surface area (Å²) < 4.78 is 5.32. The van der Waals surface area contributed by atoms with Gasteiger partial charge >= 0.3 is 0 Å². The molecule has 1 aliphatic heterocycles. The summed E-state index contributed by atoms with van der Waals surface area (Å²) in [5.74, 6) is 1.91. The van der Waals surface area contributed by atoms with Crippen LogP contribution in [0.15, 0.2) is 35.4 Å². The predicted octanol–water partition coefficient (Wildman–Crippen LogP) is 3.76. The summed E-state index contributed by atoms with van der Waals surface area (Å²) in [6, 6.07) is 9.58. The third-order valence-electron chi connectivity index (χ3n) is 5.37. The average Bonchev–Trinajstić information content (AvgIpc) is 3.21. The van der Waals surface area contributed by atoms with E-state index in [1.807, 2.05) is 44.3 Å². The number of methoxy groups -OCH3 is 1. The second-order valence-corrected chi connectivity index (χ2v) is 9.68. The number of aromatic nitrogens is 2. The number of aliphatic hydroxyl groups is 1. The lowest BCUT2D eigenvalue weighted by Gasteiger charge is -2.33. The largest absolute Gasteiger partial charge is 0.497 e. The maximum Gasteiger partial charge on any atom is 0.183 e. The third kappa shape index (κ3) is 4.51. The molecule has 158 valence electrons. The van der Waals surface area contributed by atoms with E-state index < -0.39 is 0 Å². The van der Waals surface area contributed by atoms with Crippen molar-refractivity contribution in [3.05, 3.63) is 45.9 Å². The van der Waals surface area contributed by atoms with Crippen LogP contribution >= 0.6 is 23.1 Å². The molecule has 4 rings (SSSR count). The summed E-state index contributed by atoms with van der Waals surface area (Å²) in [6.07, 6.45) is 0.527. The molecule has 0 unspecified atom stereocenters. The van der Waals surface area contributed by atoms with Gasteiger partial charge in [0, 0.05) is 22.7 Å². The second kappa shape index (κ2) is 9.01. The fraction of sp³-hybridized carbons (Fsp3) is 0.409. The Labute approximate surface area is 184 Å². The van der Waals surface area contributed by atoms with Gasteiger partial charge in [0.25, 0.3) is 0 Å². The number of Topliss-reactive ketones (excluding diaryl/α,β-unsaturated/α-hetero) is 1. The highest BCUT2D eigenvalue weighted by atomic mass is 32.2. The molecular formula is C22H25N3O3S2. The minimum atomic E-state index is -0.384. The van der Waals surface area contributed by atoms with Crippen LogP contribution in [0.5, 0.6) is 5.75 Å². The topological polar surface area (TPSA) is 75.6 Å². The number of benzene rings is 1. The molecule has 0 aliphatic carbocycles. The molecule has 0 radical (unpaired) electrons. The number of ether oxygens (including phenoxy) is 1. The molecule has 1 N–H and O–H groups in total. The van der Waals surface area contributed by atoms with E-state index in [1.54, 1.807) is 7.11 Å². The average molecular weight is 444 g/mol. The second-order valence-electron chi connectivity index (χ2n) is 7.60. The molecule has 3 heterocycles. The zero-order valence-corrected chi connectivity index (χ0v) is 18.9. The monoisotopic (exact) mass is 443 g/mol. The Morgan fingerprint density at radius 2 is 2.17 bits per heavy atom. The van der Waals surface area contributed by atoms with E-state index in [4.69, 9.17) is 4.74 Å². The number of nitrogens with zero attached hydrogens (tertiary/aromatic N) is 3. The van der Waals surface area contributed by atoms with Gasteiger partial charge in [-0.3, -0.25) is 4.79 Å². The standard InChI is InChI=1S/C22H25N3O3S2/c1-13-23-17-5-4-14(28-3)10-16(17)22(24-13)29-12-19(27)21-7-6-20(30-21)15-8-9-25(2)11-18(15)26/h4-7,10,15,18,26H,8-9,11-12H2,1-3H3/t15-,18-/m0/s1. The molecule has 30 heavy (non-hydrogen) atoms. The number of carbonyl (C=O) groups is 1. The normalized spacial score (nSPS) is 19.9. The zero-order chi connectivity index (χ0) is 21.3. The van der Waals surface area contributed by atoms with E-state index in [0.717, 1.165) is 44.4 Å². The number of thioether (sulfide) groups is 1. The summed E-state index contributed by atoms with van der Waals surface area (Å²) in [7, 11) is 3.65. The van der Waals surface area contributed by atoms with E-state index >= 15 is 0 Å². The quantitative estimate of drug-likeness (QED) is 0.353. The molecule has 2 aromatic heterocycles.